The molecule has 2 aliphatic rings. The van der Waals surface area contributed by atoms with Crippen molar-refractivity contribution in [1.29, 1.82) is 0 Å². The minimum Gasteiger partial charge on any atom is -0.329 e. The quantitative estimate of drug-likeness (QED) is 0.724. The molecule has 0 aromatic rings. The minimum atomic E-state index is 0.225. The fourth-order valence-electron chi connectivity index (χ4n) is 2.76. The van der Waals surface area contributed by atoms with E-state index in [4.69, 9.17) is 5.73 Å². The summed E-state index contributed by atoms with van der Waals surface area (Å²) >= 11 is 2.05. The Morgan fingerprint density at radius 3 is 3.06 bits per heavy atom. The SMILES string of the molecule is CC1CC(CN)(NCCC2=CCCC2)CS1. The van der Waals surface area contributed by atoms with Crippen LogP contribution in [0.3, 0.4) is 0 Å². The van der Waals surface area contributed by atoms with Gasteiger partial charge in [0.05, 0.1) is 0 Å². The Bertz CT molecular complexity index is 265. The highest BCUT2D eigenvalue weighted by molar-refractivity contribution is 8.00. The molecule has 1 aliphatic heterocycles. The van der Waals surface area contributed by atoms with E-state index < -0.39 is 0 Å². The van der Waals surface area contributed by atoms with Gasteiger partial charge < -0.3 is 11.1 Å². The lowest BCUT2D eigenvalue weighted by Crippen LogP contribution is -2.52. The number of hydrogen-bond donors (Lipinski definition) is 2. The summed E-state index contributed by atoms with van der Waals surface area (Å²) in [6.07, 6.45) is 8.85. The maximum absolute atomic E-state index is 5.93. The molecular weight excluding hydrogens is 216 g/mol. The van der Waals surface area contributed by atoms with E-state index in [0.29, 0.717) is 0 Å². The molecule has 2 atom stereocenters. The first-order valence-corrected chi connectivity index (χ1v) is 7.54. The third-order valence-corrected chi connectivity index (χ3v) is 5.25. The maximum atomic E-state index is 5.93. The van der Waals surface area contributed by atoms with Crippen molar-refractivity contribution in [3.05, 3.63) is 11.6 Å². The van der Waals surface area contributed by atoms with Gasteiger partial charge >= 0.3 is 0 Å². The van der Waals surface area contributed by atoms with Gasteiger partial charge in [-0.05, 0) is 38.6 Å². The average molecular weight is 240 g/mol. The Hall–Kier alpha value is 0.01000. The molecule has 1 aliphatic carbocycles. The van der Waals surface area contributed by atoms with Crippen LogP contribution < -0.4 is 11.1 Å². The van der Waals surface area contributed by atoms with Gasteiger partial charge in [-0.25, -0.2) is 0 Å². The van der Waals surface area contributed by atoms with Crippen molar-refractivity contribution in [2.75, 3.05) is 18.8 Å². The van der Waals surface area contributed by atoms with Crippen LogP contribution in [0.2, 0.25) is 0 Å². The van der Waals surface area contributed by atoms with Gasteiger partial charge in [0.15, 0.2) is 0 Å². The van der Waals surface area contributed by atoms with Gasteiger partial charge in [0, 0.05) is 23.1 Å². The van der Waals surface area contributed by atoms with Crippen LogP contribution in [0, 0.1) is 0 Å². The highest BCUT2D eigenvalue weighted by Crippen LogP contribution is 2.33. The zero-order valence-electron chi connectivity index (χ0n) is 10.3. The second kappa shape index (κ2) is 5.56. The highest BCUT2D eigenvalue weighted by Gasteiger charge is 2.36. The van der Waals surface area contributed by atoms with E-state index >= 15 is 0 Å². The van der Waals surface area contributed by atoms with Crippen LogP contribution in [0.1, 0.15) is 39.0 Å². The van der Waals surface area contributed by atoms with E-state index in [0.717, 1.165) is 18.3 Å². The predicted molar refractivity (Wildman–Crippen MR) is 72.9 cm³/mol. The first-order chi connectivity index (χ1) is 7.74. The van der Waals surface area contributed by atoms with E-state index in [1.54, 1.807) is 5.57 Å². The molecule has 2 rings (SSSR count). The average Bonchev–Trinajstić information content (AvgIpc) is 2.89. The summed E-state index contributed by atoms with van der Waals surface area (Å²) in [6, 6.07) is 0. The summed E-state index contributed by atoms with van der Waals surface area (Å²) in [7, 11) is 0. The fourth-order valence-corrected chi connectivity index (χ4v) is 4.14. The Morgan fingerprint density at radius 1 is 1.62 bits per heavy atom. The van der Waals surface area contributed by atoms with Crippen LogP contribution in [-0.4, -0.2) is 29.6 Å². The molecule has 3 N–H and O–H groups in total. The second-order valence-electron chi connectivity index (χ2n) is 5.24. The van der Waals surface area contributed by atoms with Crippen LogP contribution >= 0.6 is 11.8 Å². The van der Waals surface area contributed by atoms with Gasteiger partial charge in [0.2, 0.25) is 0 Å². The monoisotopic (exact) mass is 240 g/mol. The molecule has 0 spiro atoms. The van der Waals surface area contributed by atoms with Crippen LogP contribution in [0.25, 0.3) is 0 Å². The Labute approximate surface area is 103 Å². The normalized spacial score (nSPS) is 34.4. The third kappa shape index (κ3) is 3.02. The molecule has 0 aromatic carbocycles. The molecule has 1 fully saturated rings. The van der Waals surface area contributed by atoms with Crippen molar-refractivity contribution < 1.29 is 0 Å². The highest BCUT2D eigenvalue weighted by atomic mass is 32.2. The molecule has 1 saturated heterocycles. The molecule has 92 valence electrons. The lowest BCUT2D eigenvalue weighted by atomic mass is 9.96. The van der Waals surface area contributed by atoms with Gasteiger partial charge in [0.25, 0.3) is 0 Å². The van der Waals surface area contributed by atoms with Crippen molar-refractivity contribution in [2.45, 2.75) is 49.8 Å². The summed E-state index contributed by atoms with van der Waals surface area (Å²) in [5, 5.41) is 4.48. The van der Waals surface area contributed by atoms with Gasteiger partial charge in [-0.1, -0.05) is 18.6 Å². The number of rotatable bonds is 5. The van der Waals surface area contributed by atoms with Crippen LogP contribution in [0.15, 0.2) is 11.6 Å². The van der Waals surface area contributed by atoms with Gasteiger partial charge in [-0.15, -0.1) is 0 Å². The Balaban J connectivity index is 1.74. The van der Waals surface area contributed by atoms with Crippen molar-refractivity contribution in [3.8, 4) is 0 Å². The van der Waals surface area contributed by atoms with Crippen LogP contribution in [0.5, 0.6) is 0 Å². The standard InChI is InChI=1S/C13H24N2S/c1-11-8-13(9-14,10-16-11)15-7-6-12-4-2-3-5-12/h4,11,15H,2-3,5-10,14H2,1H3. The van der Waals surface area contributed by atoms with Crippen molar-refractivity contribution in [1.82, 2.24) is 5.32 Å². The van der Waals surface area contributed by atoms with E-state index in [2.05, 4.69) is 30.1 Å². The predicted octanol–water partition coefficient (Wildman–Crippen LogP) is 2.30. The number of thioether (sulfide) groups is 1. The van der Waals surface area contributed by atoms with E-state index in [9.17, 15) is 0 Å². The smallest absolute Gasteiger partial charge is 0.0405 e. The summed E-state index contributed by atoms with van der Waals surface area (Å²) in [5.41, 5.74) is 7.81. The molecule has 2 nitrogen and oxygen atoms in total. The lowest BCUT2D eigenvalue weighted by molar-refractivity contribution is 0.363. The molecule has 1 heterocycles. The Kier molecular flexibility index (Phi) is 4.34. The number of nitrogens with one attached hydrogen (secondary N) is 1. The molecule has 2 unspecified atom stereocenters. The van der Waals surface area contributed by atoms with Gasteiger partial charge in [0.1, 0.15) is 0 Å². The molecule has 0 bridgehead atoms. The first kappa shape index (κ1) is 12.5. The topological polar surface area (TPSA) is 38.0 Å². The lowest BCUT2D eigenvalue weighted by Gasteiger charge is -2.28. The molecule has 0 radical (unpaired) electrons. The van der Waals surface area contributed by atoms with Gasteiger partial charge in [-0.3, -0.25) is 0 Å². The third-order valence-electron chi connectivity index (χ3n) is 3.79. The van der Waals surface area contributed by atoms with E-state index in [-0.39, 0.29) is 5.54 Å². The number of hydrogen-bond acceptors (Lipinski definition) is 3. The zero-order valence-corrected chi connectivity index (χ0v) is 11.1. The van der Waals surface area contributed by atoms with Crippen LogP contribution in [-0.2, 0) is 0 Å². The van der Waals surface area contributed by atoms with E-state index in [1.165, 1.54) is 37.9 Å². The summed E-state index contributed by atoms with van der Waals surface area (Å²) in [6.45, 7) is 4.20. The number of allylic oxidation sites excluding steroid dienone is 1. The molecule has 0 aromatic heterocycles. The van der Waals surface area contributed by atoms with Crippen molar-refractivity contribution in [2.24, 2.45) is 5.73 Å². The van der Waals surface area contributed by atoms with Crippen molar-refractivity contribution >= 4 is 11.8 Å². The van der Waals surface area contributed by atoms with Crippen molar-refractivity contribution in [3.63, 3.8) is 0 Å². The zero-order chi connectivity index (χ0) is 11.4. The molecule has 0 saturated carbocycles. The molecule has 3 heteroatoms. The van der Waals surface area contributed by atoms with Gasteiger partial charge in [-0.2, -0.15) is 11.8 Å². The van der Waals surface area contributed by atoms with Crippen LogP contribution in [0.4, 0.5) is 0 Å². The summed E-state index contributed by atoms with van der Waals surface area (Å²) in [4.78, 5) is 0. The largest absolute Gasteiger partial charge is 0.329 e. The van der Waals surface area contributed by atoms with E-state index in [1.807, 2.05) is 0 Å². The summed E-state index contributed by atoms with van der Waals surface area (Å²) < 4.78 is 0. The first-order valence-electron chi connectivity index (χ1n) is 6.49. The second-order valence-corrected chi connectivity index (χ2v) is 6.67. The molecular formula is C13H24N2S. The minimum absolute atomic E-state index is 0.225. The Morgan fingerprint density at radius 2 is 2.50 bits per heavy atom. The maximum Gasteiger partial charge on any atom is 0.0405 e. The number of nitrogens with two attached hydrogens (primary N) is 1. The fraction of sp³-hybridized carbons (Fsp3) is 0.846. The summed E-state index contributed by atoms with van der Waals surface area (Å²) in [5.74, 6) is 1.18. The molecule has 16 heavy (non-hydrogen) atoms. The molecule has 0 amide bonds.